The highest BCUT2D eigenvalue weighted by Gasteiger charge is 2.20. The molecule has 0 spiro atoms. The minimum absolute atomic E-state index is 0.0739. The van der Waals surface area contributed by atoms with Gasteiger partial charge in [0.15, 0.2) is 5.71 Å². The minimum atomic E-state index is -0.592. The minimum Gasteiger partial charge on any atom is -0.464 e. The monoisotopic (exact) mass is 424 g/mol. The van der Waals surface area contributed by atoms with E-state index in [1.165, 1.54) is 14.2 Å². The van der Waals surface area contributed by atoms with Gasteiger partial charge in [-0.3, -0.25) is 4.84 Å². The highest BCUT2D eigenvalue weighted by atomic mass is 35.5. The number of hydroxylamine groups is 1. The number of carbonyl (C=O) groups is 1. The van der Waals surface area contributed by atoms with Gasteiger partial charge in [-0.25, -0.2) is 4.79 Å². The predicted molar refractivity (Wildman–Crippen MR) is 110 cm³/mol. The van der Waals surface area contributed by atoms with Crippen molar-refractivity contribution >= 4 is 34.9 Å². The van der Waals surface area contributed by atoms with Crippen molar-refractivity contribution in [3.05, 3.63) is 68.7 Å². The maximum atomic E-state index is 12.1. The van der Waals surface area contributed by atoms with Gasteiger partial charge in [-0.2, -0.15) is 5.48 Å². The quantitative estimate of drug-likeness (QED) is 0.380. The molecule has 0 aliphatic heterocycles. The van der Waals surface area contributed by atoms with E-state index < -0.39 is 5.97 Å². The molecule has 8 heteroatoms. The van der Waals surface area contributed by atoms with Crippen LogP contribution in [0.5, 0.6) is 0 Å². The summed E-state index contributed by atoms with van der Waals surface area (Å²) in [6, 6.07) is 10.8. The molecule has 150 valence electrons. The van der Waals surface area contributed by atoms with E-state index >= 15 is 0 Å². The number of oxime groups is 1. The Bertz CT molecular complexity index is 871. The van der Waals surface area contributed by atoms with Crippen LogP contribution in [0.3, 0.4) is 0 Å². The summed E-state index contributed by atoms with van der Waals surface area (Å²) in [6.07, 6.45) is 0. The zero-order chi connectivity index (χ0) is 20.7. The Balaban J connectivity index is 2.16. The van der Waals surface area contributed by atoms with Gasteiger partial charge in [0, 0.05) is 5.56 Å². The Morgan fingerprint density at radius 3 is 2.57 bits per heavy atom. The van der Waals surface area contributed by atoms with Crippen molar-refractivity contribution in [2.24, 2.45) is 5.16 Å². The smallest absolute Gasteiger partial charge is 0.360 e. The fraction of sp³-hybridized carbons (Fsp3) is 0.300. The van der Waals surface area contributed by atoms with Crippen molar-refractivity contribution in [3.8, 4) is 0 Å². The molecular formula is C20H22Cl2N2O4. The summed E-state index contributed by atoms with van der Waals surface area (Å²) in [5.74, 6) is -0.592. The first-order valence-electron chi connectivity index (χ1n) is 8.49. The van der Waals surface area contributed by atoms with Gasteiger partial charge in [-0.05, 0) is 42.7 Å². The summed E-state index contributed by atoms with van der Waals surface area (Å²) in [6.45, 7) is 4.06. The molecular weight excluding hydrogens is 403 g/mol. The van der Waals surface area contributed by atoms with E-state index in [-0.39, 0.29) is 18.4 Å². The standard InChI is InChI=1S/C20H22Cl2N2O4/c1-12-6-5-7-15(19(24-27-4)20(25)26-3)16(12)11-28-23-13(2)14-8-9-17(21)18(22)10-14/h5-10,13,23H,11H2,1-4H3/b24-19+. The molecule has 0 saturated carbocycles. The summed E-state index contributed by atoms with van der Waals surface area (Å²) < 4.78 is 4.81. The number of hydrogen-bond donors (Lipinski definition) is 1. The van der Waals surface area contributed by atoms with Crippen molar-refractivity contribution in [3.63, 3.8) is 0 Å². The normalized spacial score (nSPS) is 12.6. The van der Waals surface area contributed by atoms with Crippen LogP contribution >= 0.6 is 23.2 Å². The van der Waals surface area contributed by atoms with Gasteiger partial charge in [0.1, 0.15) is 7.11 Å². The second-order valence-corrected chi connectivity index (χ2v) is 6.83. The molecule has 0 aliphatic carbocycles. The van der Waals surface area contributed by atoms with Crippen molar-refractivity contribution in [2.45, 2.75) is 26.5 Å². The molecule has 0 radical (unpaired) electrons. The van der Waals surface area contributed by atoms with Gasteiger partial charge in [0.2, 0.25) is 0 Å². The molecule has 2 aromatic carbocycles. The lowest BCUT2D eigenvalue weighted by atomic mass is 9.99. The van der Waals surface area contributed by atoms with E-state index in [1.54, 1.807) is 18.2 Å². The average molecular weight is 425 g/mol. The fourth-order valence-electron chi connectivity index (χ4n) is 2.59. The van der Waals surface area contributed by atoms with Gasteiger partial charge in [-0.1, -0.05) is 52.6 Å². The summed E-state index contributed by atoms with van der Waals surface area (Å²) in [5, 5.41) is 4.79. The van der Waals surface area contributed by atoms with E-state index in [1.807, 2.05) is 32.0 Å². The number of methoxy groups -OCH3 is 1. The SMILES string of the molecule is CO/N=C(/C(=O)OC)c1cccc(C)c1CONC(C)c1ccc(Cl)c(Cl)c1. The lowest BCUT2D eigenvalue weighted by molar-refractivity contribution is -0.132. The Labute approximate surface area is 174 Å². The molecule has 0 amide bonds. The van der Waals surface area contributed by atoms with Gasteiger partial charge in [0.05, 0.1) is 29.8 Å². The number of aryl methyl sites for hydroxylation is 1. The van der Waals surface area contributed by atoms with E-state index in [9.17, 15) is 4.79 Å². The first kappa shape index (κ1) is 22.2. The van der Waals surface area contributed by atoms with Gasteiger partial charge in [-0.15, -0.1) is 0 Å². The van der Waals surface area contributed by atoms with Crippen LogP contribution in [-0.2, 0) is 25.8 Å². The number of nitrogens with one attached hydrogen (secondary N) is 1. The molecule has 0 heterocycles. The van der Waals surface area contributed by atoms with Gasteiger partial charge >= 0.3 is 5.97 Å². The lowest BCUT2D eigenvalue weighted by Crippen LogP contribution is -2.23. The van der Waals surface area contributed by atoms with Crippen LogP contribution in [0.1, 0.15) is 35.2 Å². The van der Waals surface area contributed by atoms with E-state index in [0.717, 1.165) is 16.7 Å². The van der Waals surface area contributed by atoms with E-state index in [4.69, 9.17) is 37.6 Å². The third kappa shape index (κ3) is 5.45. The van der Waals surface area contributed by atoms with Crippen LogP contribution in [0.25, 0.3) is 0 Å². The molecule has 28 heavy (non-hydrogen) atoms. The predicted octanol–water partition coefficient (Wildman–Crippen LogP) is 4.61. The van der Waals surface area contributed by atoms with E-state index in [2.05, 4.69) is 10.6 Å². The number of hydrogen-bond acceptors (Lipinski definition) is 6. The van der Waals surface area contributed by atoms with Crippen LogP contribution in [0, 0.1) is 6.92 Å². The molecule has 2 aromatic rings. The highest BCUT2D eigenvalue weighted by Crippen LogP contribution is 2.25. The maximum absolute atomic E-state index is 12.1. The molecule has 0 fully saturated rings. The summed E-state index contributed by atoms with van der Waals surface area (Å²) in [7, 11) is 2.66. The van der Waals surface area contributed by atoms with Crippen LogP contribution < -0.4 is 5.48 Å². The number of rotatable bonds is 8. The van der Waals surface area contributed by atoms with Gasteiger partial charge < -0.3 is 9.57 Å². The van der Waals surface area contributed by atoms with Crippen molar-refractivity contribution in [2.75, 3.05) is 14.2 Å². The van der Waals surface area contributed by atoms with Crippen LogP contribution in [0.4, 0.5) is 0 Å². The number of nitrogens with zero attached hydrogens (tertiary/aromatic N) is 1. The molecule has 0 bridgehead atoms. The number of ether oxygens (including phenoxy) is 1. The van der Waals surface area contributed by atoms with E-state index in [0.29, 0.717) is 15.6 Å². The number of halogens is 2. The lowest BCUT2D eigenvalue weighted by Gasteiger charge is -2.17. The van der Waals surface area contributed by atoms with Crippen LogP contribution in [0.2, 0.25) is 10.0 Å². The molecule has 0 saturated heterocycles. The highest BCUT2D eigenvalue weighted by molar-refractivity contribution is 6.43. The summed E-state index contributed by atoms with van der Waals surface area (Å²) in [4.78, 5) is 22.6. The topological polar surface area (TPSA) is 69.2 Å². The second kappa shape index (κ2) is 10.4. The van der Waals surface area contributed by atoms with Crippen LogP contribution in [0.15, 0.2) is 41.6 Å². The molecule has 0 aliphatic rings. The number of carbonyl (C=O) groups excluding carboxylic acids is 1. The van der Waals surface area contributed by atoms with Crippen molar-refractivity contribution in [1.82, 2.24) is 5.48 Å². The molecule has 1 unspecified atom stereocenters. The van der Waals surface area contributed by atoms with Crippen molar-refractivity contribution < 1.29 is 19.2 Å². The summed E-state index contributed by atoms with van der Waals surface area (Å²) >= 11 is 12.0. The Kier molecular flexibility index (Phi) is 8.26. The fourth-order valence-corrected chi connectivity index (χ4v) is 2.90. The van der Waals surface area contributed by atoms with Crippen molar-refractivity contribution in [1.29, 1.82) is 0 Å². The van der Waals surface area contributed by atoms with Crippen LogP contribution in [-0.4, -0.2) is 25.9 Å². The second-order valence-electron chi connectivity index (χ2n) is 6.02. The summed E-state index contributed by atoms with van der Waals surface area (Å²) in [5.41, 5.74) is 6.28. The molecule has 2 rings (SSSR count). The molecule has 1 atom stereocenters. The Hall–Kier alpha value is -2.12. The number of benzene rings is 2. The van der Waals surface area contributed by atoms with Gasteiger partial charge in [0.25, 0.3) is 0 Å². The zero-order valence-corrected chi connectivity index (χ0v) is 17.6. The first-order valence-corrected chi connectivity index (χ1v) is 9.25. The molecule has 6 nitrogen and oxygen atoms in total. The first-order chi connectivity index (χ1) is 13.4. The maximum Gasteiger partial charge on any atom is 0.360 e. The molecule has 1 N–H and O–H groups in total. The third-order valence-corrected chi connectivity index (χ3v) is 4.89. The Morgan fingerprint density at radius 1 is 1.18 bits per heavy atom. The largest absolute Gasteiger partial charge is 0.464 e. The Morgan fingerprint density at radius 2 is 1.93 bits per heavy atom. The average Bonchev–Trinajstić information content (AvgIpc) is 2.68. The zero-order valence-electron chi connectivity index (χ0n) is 16.1. The number of esters is 1. The molecule has 0 aromatic heterocycles. The third-order valence-electron chi connectivity index (χ3n) is 4.15.